The average Bonchev–Trinajstić information content (AvgIpc) is 3.00. The van der Waals surface area contributed by atoms with Gasteiger partial charge in [-0.15, -0.1) is 12.4 Å². The topological polar surface area (TPSA) is 81.4 Å². The van der Waals surface area contributed by atoms with E-state index in [0.29, 0.717) is 17.7 Å². The molecule has 1 aliphatic carbocycles. The molecule has 1 fully saturated rings. The summed E-state index contributed by atoms with van der Waals surface area (Å²) in [6.45, 7) is 0.510. The number of nitrogens with two attached hydrogens (primary N) is 1. The second kappa shape index (κ2) is 7.70. The molecule has 0 bridgehead atoms. The predicted molar refractivity (Wildman–Crippen MR) is 98.3 cm³/mol. The van der Waals surface area contributed by atoms with Gasteiger partial charge in [0.25, 0.3) is 0 Å². The summed E-state index contributed by atoms with van der Waals surface area (Å²) < 4.78 is 33.9. The van der Waals surface area contributed by atoms with Crippen LogP contribution < -0.4 is 15.2 Å². The van der Waals surface area contributed by atoms with Crippen LogP contribution in [0.25, 0.3) is 10.8 Å². The van der Waals surface area contributed by atoms with Crippen molar-refractivity contribution < 1.29 is 13.2 Å². The van der Waals surface area contributed by atoms with Gasteiger partial charge in [-0.25, -0.2) is 13.1 Å². The van der Waals surface area contributed by atoms with Crippen molar-refractivity contribution in [3.63, 3.8) is 0 Å². The van der Waals surface area contributed by atoms with Gasteiger partial charge in [0, 0.05) is 16.8 Å². The van der Waals surface area contributed by atoms with Gasteiger partial charge in [-0.2, -0.15) is 0 Å². The van der Waals surface area contributed by atoms with Gasteiger partial charge in [0.15, 0.2) is 0 Å². The number of methoxy groups -OCH3 is 1. The lowest BCUT2D eigenvalue weighted by Gasteiger charge is -2.20. The van der Waals surface area contributed by atoms with Crippen molar-refractivity contribution in [2.45, 2.75) is 30.2 Å². The van der Waals surface area contributed by atoms with Crippen molar-refractivity contribution >= 4 is 33.2 Å². The zero-order valence-corrected chi connectivity index (χ0v) is 15.2. The van der Waals surface area contributed by atoms with E-state index in [9.17, 15) is 8.42 Å². The van der Waals surface area contributed by atoms with Crippen LogP contribution in [-0.4, -0.2) is 28.1 Å². The molecule has 1 aliphatic rings. The van der Waals surface area contributed by atoms with Crippen molar-refractivity contribution in [3.05, 3.63) is 36.4 Å². The molecule has 3 N–H and O–H groups in total. The second-order valence-electron chi connectivity index (χ2n) is 5.97. The fourth-order valence-corrected chi connectivity index (χ4v) is 4.94. The van der Waals surface area contributed by atoms with Gasteiger partial charge in [0.2, 0.25) is 10.0 Å². The predicted octanol–water partition coefficient (Wildman–Crippen LogP) is 2.68. The van der Waals surface area contributed by atoms with Crippen LogP contribution in [-0.2, 0) is 10.0 Å². The highest BCUT2D eigenvalue weighted by Gasteiger charge is 2.31. The number of sulfonamides is 1. The van der Waals surface area contributed by atoms with Crippen molar-refractivity contribution in [1.29, 1.82) is 0 Å². The molecule has 0 radical (unpaired) electrons. The summed E-state index contributed by atoms with van der Waals surface area (Å²) in [5, 5.41) is 1.46. The van der Waals surface area contributed by atoms with Crippen LogP contribution in [0, 0.1) is 5.92 Å². The quantitative estimate of drug-likeness (QED) is 0.847. The molecule has 0 aliphatic heterocycles. The lowest BCUT2D eigenvalue weighted by Crippen LogP contribution is -2.39. The molecule has 2 atom stereocenters. The molecule has 3 rings (SSSR count). The number of hydrogen-bond donors (Lipinski definition) is 2. The molecular formula is C17H23ClN2O3S. The summed E-state index contributed by atoms with van der Waals surface area (Å²) in [5.74, 6) is 0.884. The summed E-state index contributed by atoms with van der Waals surface area (Å²) in [7, 11) is -2.02. The van der Waals surface area contributed by atoms with E-state index in [-0.39, 0.29) is 29.3 Å². The first kappa shape index (κ1) is 19.0. The summed E-state index contributed by atoms with van der Waals surface area (Å²) in [5.41, 5.74) is 5.76. The minimum atomic E-state index is -3.60. The van der Waals surface area contributed by atoms with Gasteiger partial charge in [-0.3, -0.25) is 0 Å². The zero-order chi connectivity index (χ0) is 16.4. The SMILES string of the molecule is COc1ccc(S(=O)(=O)NC2CCCC2CN)c2ccccc12.Cl. The number of hydrogen-bond acceptors (Lipinski definition) is 4. The lowest BCUT2D eigenvalue weighted by molar-refractivity contribution is 0.419. The van der Waals surface area contributed by atoms with Crippen LogP contribution in [0.4, 0.5) is 0 Å². The third kappa shape index (κ3) is 3.52. The first-order valence-corrected chi connectivity index (χ1v) is 9.33. The Morgan fingerprint density at radius 1 is 1.17 bits per heavy atom. The normalized spacial score (nSPS) is 20.8. The molecule has 0 spiro atoms. The molecule has 0 amide bonds. The molecule has 0 aromatic heterocycles. The summed E-state index contributed by atoms with van der Waals surface area (Å²) in [6, 6.07) is 10.6. The molecule has 2 aromatic carbocycles. The highest BCUT2D eigenvalue weighted by atomic mass is 35.5. The van der Waals surface area contributed by atoms with E-state index >= 15 is 0 Å². The molecule has 7 heteroatoms. The Labute approximate surface area is 149 Å². The van der Waals surface area contributed by atoms with Crippen molar-refractivity contribution in [1.82, 2.24) is 4.72 Å². The largest absolute Gasteiger partial charge is 0.496 e. The van der Waals surface area contributed by atoms with Gasteiger partial charge < -0.3 is 10.5 Å². The molecule has 24 heavy (non-hydrogen) atoms. The Morgan fingerprint density at radius 3 is 2.54 bits per heavy atom. The molecule has 132 valence electrons. The highest BCUT2D eigenvalue weighted by Crippen LogP contribution is 2.32. The van der Waals surface area contributed by atoms with E-state index in [2.05, 4.69) is 4.72 Å². The van der Waals surface area contributed by atoms with Crippen LogP contribution >= 0.6 is 12.4 Å². The smallest absolute Gasteiger partial charge is 0.241 e. The zero-order valence-electron chi connectivity index (χ0n) is 13.6. The Morgan fingerprint density at radius 2 is 1.88 bits per heavy atom. The first-order chi connectivity index (χ1) is 11.1. The van der Waals surface area contributed by atoms with Crippen LogP contribution in [0.15, 0.2) is 41.3 Å². The fraction of sp³-hybridized carbons (Fsp3) is 0.412. The number of rotatable bonds is 5. The van der Waals surface area contributed by atoms with Gasteiger partial charge >= 0.3 is 0 Å². The fourth-order valence-electron chi connectivity index (χ4n) is 3.39. The van der Waals surface area contributed by atoms with E-state index in [0.717, 1.165) is 24.6 Å². The van der Waals surface area contributed by atoms with Gasteiger partial charge in [0.05, 0.1) is 12.0 Å². The van der Waals surface area contributed by atoms with E-state index in [1.165, 1.54) is 0 Å². The highest BCUT2D eigenvalue weighted by molar-refractivity contribution is 7.89. The third-order valence-electron chi connectivity index (χ3n) is 4.62. The monoisotopic (exact) mass is 370 g/mol. The molecule has 0 saturated heterocycles. The molecular weight excluding hydrogens is 348 g/mol. The third-order valence-corrected chi connectivity index (χ3v) is 6.17. The average molecular weight is 371 g/mol. The number of halogens is 1. The Bertz CT molecular complexity index is 811. The second-order valence-corrected chi connectivity index (χ2v) is 7.65. The Hall–Kier alpha value is -1.34. The summed E-state index contributed by atoms with van der Waals surface area (Å²) in [6.07, 6.45) is 2.83. The summed E-state index contributed by atoms with van der Waals surface area (Å²) >= 11 is 0. The van der Waals surface area contributed by atoms with Crippen molar-refractivity contribution in [2.75, 3.05) is 13.7 Å². The Kier molecular flexibility index (Phi) is 6.09. The molecule has 2 unspecified atom stereocenters. The van der Waals surface area contributed by atoms with Crippen LogP contribution in [0.5, 0.6) is 5.75 Å². The maximum atomic E-state index is 12.9. The van der Waals surface area contributed by atoms with E-state index in [1.54, 1.807) is 19.2 Å². The molecule has 2 aromatic rings. The van der Waals surface area contributed by atoms with Gasteiger partial charge in [-0.05, 0) is 37.4 Å². The van der Waals surface area contributed by atoms with Gasteiger partial charge in [-0.1, -0.05) is 30.7 Å². The molecule has 0 heterocycles. The van der Waals surface area contributed by atoms with E-state index in [1.807, 2.05) is 24.3 Å². The maximum Gasteiger partial charge on any atom is 0.241 e. The van der Waals surface area contributed by atoms with Crippen LogP contribution in [0.1, 0.15) is 19.3 Å². The number of benzene rings is 2. The van der Waals surface area contributed by atoms with Gasteiger partial charge in [0.1, 0.15) is 5.75 Å². The Balaban J connectivity index is 0.00000208. The summed E-state index contributed by atoms with van der Waals surface area (Å²) in [4.78, 5) is 0.288. The molecule has 5 nitrogen and oxygen atoms in total. The van der Waals surface area contributed by atoms with E-state index in [4.69, 9.17) is 10.5 Å². The van der Waals surface area contributed by atoms with Crippen molar-refractivity contribution in [3.8, 4) is 5.75 Å². The first-order valence-electron chi connectivity index (χ1n) is 7.85. The lowest BCUT2D eigenvalue weighted by atomic mass is 10.1. The van der Waals surface area contributed by atoms with Crippen LogP contribution in [0.2, 0.25) is 0 Å². The van der Waals surface area contributed by atoms with Crippen LogP contribution in [0.3, 0.4) is 0 Å². The number of ether oxygens (including phenoxy) is 1. The molecule has 1 saturated carbocycles. The van der Waals surface area contributed by atoms with E-state index < -0.39 is 10.0 Å². The number of fused-ring (bicyclic) bond motifs is 1. The minimum Gasteiger partial charge on any atom is -0.496 e. The number of nitrogens with one attached hydrogen (secondary N) is 1. The minimum absolute atomic E-state index is 0. The standard InChI is InChI=1S/C17H22N2O3S.ClH/c1-22-16-9-10-17(14-7-3-2-6-13(14)16)23(20,21)19-15-8-4-5-12(15)11-18;/h2-3,6-7,9-10,12,15,19H,4-5,8,11,18H2,1H3;1H. The van der Waals surface area contributed by atoms with Crippen molar-refractivity contribution in [2.24, 2.45) is 11.7 Å². The maximum absolute atomic E-state index is 12.9.